The summed E-state index contributed by atoms with van der Waals surface area (Å²) < 4.78 is 11.5. The van der Waals surface area contributed by atoms with E-state index in [1.54, 1.807) is 0 Å². The van der Waals surface area contributed by atoms with Crippen LogP contribution in [0.25, 0.3) is 0 Å². The van der Waals surface area contributed by atoms with E-state index in [4.69, 9.17) is 9.47 Å². The van der Waals surface area contributed by atoms with E-state index >= 15 is 0 Å². The van der Waals surface area contributed by atoms with Gasteiger partial charge in [-0.25, -0.2) is 0 Å². The first-order valence-electron chi connectivity index (χ1n) is 8.67. The van der Waals surface area contributed by atoms with Gasteiger partial charge in [-0.1, -0.05) is 6.92 Å². The number of ether oxygens (including phenoxy) is 2. The van der Waals surface area contributed by atoms with E-state index in [0.29, 0.717) is 12.5 Å². The predicted molar refractivity (Wildman–Crippen MR) is 92.8 cm³/mol. The zero-order chi connectivity index (χ0) is 16.9. The molecule has 1 N–H and O–H groups in total. The molecule has 4 heteroatoms. The van der Waals surface area contributed by atoms with Crippen LogP contribution in [-0.4, -0.2) is 24.2 Å². The van der Waals surface area contributed by atoms with Crippen molar-refractivity contribution in [2.24, 2.45) is 5.92 Å². The van der Waals surface area contributed by atoms with Crippen molar-refractivity contribution in [1.82, 2.24) is 0 Å². The van der Waals surface area contributed by atoms with Gasteiger partial charge < -0.3 is 14.8 Å². The topological polar surface area (TPSA) is 47.6 Å². The lowest BCUT2D eigenvalue weighted by molar-refractivity contribution is -0.146. The molecule has 1 amide bonds. The van der Waals surface area contributed by atoms with E-state index in [1.807, 2.05) is 45.0 Å². The first-order valence-corrected chi connectivity index (χ1v) is 8.67. The lowest BCUT2D eigenvalue weighted by atomic mass is 9.78. The minimum Gasteiger partial charge on any atom is -0.491 e. The lowest BCUT2D eigenvalue weighted by Crippen LogP contribution is -2.48. The first kappa shape index (κ1) is 17.8. The fraction of sp³-hybridized carbons (Fsp3) is 0.632. The first-order chi connectivity index (χ1) is 10.9. The molecule has 2 rings (SSSR count). The quantitative estimate of drug-likeness (QED) is 0.845. The summed E-state index contributed by atoms with van der Waals surface area (Å²) in [5, 5.41) is 3.01. The second-order valence-corrected chi connectivity index (χ2v) is 6.75. The van der Waals surface area contributed by atoms with Gasteiger partial charge in [0.1, 0.15) is 11.4 Å². The van der Waals surface area contributed by atoms with Gasteiger partial charge in [0.25, 0.3) is 5.91 Å². The molecular weight excluding hydrogens is 290 g/mol. The highest BCUT2D eigenvalue weighted by atomic mass is 16.5. The number of hydrogen-bond acceptors (Lipinski definition) is 3. The number of nitrogens with one attached hydrogen (secondary N) is 1. The number of rotatable bonds is 6. The number of anilines is 1. The third-order valence-electron chi connectivity index (χ3n) is 4.40. The Bertz CT molecular complexity index is 502. The van der Waals surface area contributed by atoms with Crippen LogP contribution in [0.2, 0.25) is 0 Å². The Hall–Kier alpha value is -1.55. The minimum atomic E-state index is -0.672. The van der Waals surface area contributed by atoms with Crippen LogP contribution in [0.5, 0.6) is 5.75 Å². The standard InChI is InChI=1S/C19H29NO3/c1-5-22-19(12-10-15(4)11-13-19)18(21)20-16-6-8-17(9-7-16)23-14(2)3/h6-9,14-15H,5,10-13H2,1-4H3,(H,20,21). The SMILES string of the molecule is CCOC1(C(=O)Nc2ccc(OC(C)C)cc2)CCC(C)CC1. The van der Waals surface area contributed by atoms with Crippen LogP contribution in [0.1, 0.15) is 53.4 Å². The van der Waals surface area contributed by atoms with Gasteiger partial charge in [0, 0.05) is 12.3 Å². The van der Waals surface area contributed by atoms with Crippen molar-refractivity contribution >= 4 is 11.6 Å². The molecular formula is C19H29NO3. The normalized spacial score (nSPS) is 24.5. The van der Waals surface area contributed by atoms with Crippen LogP contribution in [0, 0.1) is 5.92 Å². The van der Waals surface area contributed by atoms with Crippen molar-refractivity contribution in [3.05, 3.63) is 24.3 Å². The van der Waals surface area contributed by atoms with E-state index in [1.165, 1.54) is 0 Å². The Kier molecular flexibility index (Phi) is 6.05. The van der Waals surface area contributed by atoms with Crippen molar-refractivity contribution in [3.8, 4) is 5.75 Å². The molecule has 1 saturated carbocycles. The lowest BCUT2D eigenvalue weighted by Gasteiger charge is -2.37. The van der Waals surface area contributed by atoms with E-state index < -0.39 is 5.60 Å². The molecule has 0 saturated heterocycles. The van der Waals surface area contributed by atoms with Gasteiger partial charge in [-0.05, 0) is 76.6 Å². The zero-order valence-corrected chi connectivity index (χ0v) is 14.7. The third kappa shape index (κ3) is 4.71. The van der Waals surface area contributed by atoms with Crippen LogP contribution in [-0.2, 0) is 9.53 Å². The van der Waals surface area contributed by atoms with Crippen molar-refractivity contribution in [1.29, 1.82) is 0 Å². The summed E-state index contributed by atoms with van der Waals surface area (Å²) in [6.45, 7) is 8.73. The summed E-state index contributed by atoms with van der Waals surface area (Å²) in [6.07, 6.45) is 3.80. The van der Waals surface area contributed by atoms with Crippen molar-refractivity contribution in [2.45, 2.75) is 65.1 Å². The second-order valence-electron chi connectivity index (χ2n) is 6.75. The van der Waals surface area contributed by atoms with E-state index in [-0.39, 0.29) is 12.0 Å². The molecule has 1 fully saturated rings. The number of carbonyl (C=O) groups is 1. The van der Waals surface area contributed by atoms with Crippen LogP contribution in [0.15, 0.2) is 24.3 Å². The van der Waals surface area contributed by atoms with E-state index in [9.17, 15) is 4.79 Å². The fourth-order valence-electron chi connectivity index (χ4n) is 3.08. The van der Waals surface area contributed by atoms with Crippen molar-refractivity contribution < 1.29 is 14.3 Å². The Balaban J connectivity index is 2.03. The molecule has 0 bridgehead atoms. The molecule has 0 aliphatic heterocycles. The van der Waals surface area contributed by atoms with Gasteiger partial charge in [0.05, 0.1) is 6.10 Å². The minimum absolute atomic E-state index is 0.0243. The van der Waals surface area contributed by atoms with Crippen molar-refractivity contribution in [3.63, 3.8) is 0 Å². The van der Waals surface area contributed by atoms with Crippen LogP contribution in [0.3, 0.4) is 0 Å². The van der Waals surface area contributed by atoms with Gasteiger partial charge in [0.2, 0.25) is 0 Å². The largest absolute Gasteiger partial charge is 0.491 e. The number of carbonyl (C=O) groups excluding carboxylic acids is 1. The van der Waals surface area contributed by atoms with Crippen LogP contribution < -0.4 is 10.1 Å². The average molecular weight is 319 g/mol. The van der Waals surface area contributed by atoms with Gasteiger partial charge >= 0.3 is 0 Å². The van der Waals surface area contributed by atoms with E-state index in [0.717, 1.165) is 37.1 Å². The molecule has 0 atom stereocenters. The highest BCUT2D eigenvalue weighted by Gasteiger charge is 2.41. The molecule has 128 valence electrons. The average Bonchev–Trinajstić information content (AvgIpc) is 2.51. The predicted octanol–water partition coefficient (Wildman–Crippen LogP) is 4.40. The van der Waals surface area contributed by atoms with Gasteiger partial charge in [-0.3, -0.25) is 4.79 Å². The van der Waals surface area contributed by atoms with Gasteiger partial charge in [-0.15, -0.1) is 0 Å². The highest BCUT2D eigenvalue weighted by molar-refractivity contribution is 5.97. The maximum atomic E-state index is 12.8. The summed E-state index contributed by atoms with van der Waals surface area (Å²) in [5.74, 6) is 1.46. The summed E-state index contributed by atoms with van der Waals surface area (Å²) >= 11 is 0. The molecule has 1 aliphatic carbocycles. The molecule has 0 spiro atoms. The van der Waals surface area contributed by atoms with Gasteiger partial charge in [-0.2, -0.15) is 0 Å². The molecule has 0 unspecified atom stereocenters. The number of amides is 1. The molecule has 4 nitrogen and oxygen atoms in total. The molecule has 1 aromatic rings. The smallest absolute Gasteiger partial charge is 0.256 e. The molecule has 1 aromatic carbocycles. The molecule has 23 heavy (non-hydrogen) atoms. The Labute approximate surface area is 139 Å². The second kappa shape index (κ2) is 7.82. The monoisotopic (exact) mass is 319 g/mol. The number of benzene rings is 1. The highest BCUT2D eigenvalue weighted by Crippen LogP contribution is 2.36. The summed E-state index contributed by atoms with van der Waals surface area (Å²) in [4.78, 5) is 12.8. The van der Waals surface area contributed by atoms with Gasteiger partial charge in [0.15, 0.2) is 0 Å². The Morgan fingerprint density at radius 3 is 2.39 bits per heavy atom. The maximum Gasteiger partial charge on any atom is 0.256 e. The van der Waals surface area contributed by atoms with E-state index in [2.05, 4.69) is 12.2 Å². The molecule has 0 heterocycles. The Morgan fingerprint density at radius 2 is 1.87 bits per heavy atom. The number of hydrogen-bond donors (Lipinski definition) is 1. The maximum absolute atomic E-state index is 12.8. The molecule has 0 aromatic heterocycles. The fourth-order valence-corrected chi connectivity index (χ4v) is 3.08. The molecule has 0 radical (unpaired) electrons. The molecule has 1 aliphatic rings. The summed E-state index contributed by atoms with van der Waals surface area (Å²) in [6, 6.07) is 7.51. The summed E-state index contributed by atoms with van der Waals surface area (Å²) in [7, 11) is 0. The zero-order valence-electron chi connectivity index (χ0n) is 14.7. The summed E-state index contributed by atoms with van der Waals surface area (Å²) in [5.41, 5.74) is 0.109. The van der Waals surface area contributed by atoms with Crippen LogP contribution >= 0.6 is 0 Å². The van der Waals surface area contributed by atoms with Crippen molar-refractivity contribution in [2.75, 3.05) is 11.9 Å². The third-order valence-corrected chi connectivity index (χ3v) is 4.40. The van der Waals surface area contributed by atoms with Crippen LogP contribution in [0.4, 0.5) is 5.69 Å². The Morgan fingerprint density at radius 1 is 1.26 bits per heavy atom.